The highest BCUT2D eigenvalue weighted by Crippen LogP contribution is 2.44. The first-order valence-electron chi connectivity index (χ1n) is 11.2. The summed E-state index contributed by atoms with van der Waals surface area (Å²) < 4.78 is 5.61. The van der Waals surface area contributed by atoms with E-state index in [4.69, 9.17) is 9.84 Å². The Morgan fingerprint density at radius 2 is 1.64 bits per heavy atom. The van der Waals surface area contributed by atoms with Gasteiger partial charge in [0, 0.05) is 18.4 Å². The number of benzene rings is 2. The van der Waals surface area contributed by atoms with Gasteiger partial charge in [0.25, 0.3) is 0 Å². The predicted molar refractivity (Wildman–Crippen MR) is 121 cm³/mol. The fraction of sp³-hybridized carbons (Fsp3) is 0.400. The van der Waals surface area contributed by atoms with E-state index in [0.717, 1.165) is 41.5 Å². The molecule has 3 atom stereocenters. The summed E-state index contributed by atoms with van der Waals surface area (Å²) >= 11 is 0. The Kier molecular flexibility index (Phi) is 6.93. The number of aliphatic hydroxyl groups is 1. The van der Waals surface area contributed by atoms with Gasteiger partial charge >= 0.3 is 12.1 Å². The molecule has 0 aliphatic heterocycles. The normalized spacial score (nSPS) is 19.9. The molecule has 174 valence electrons. The quantitative estimate of drug-likeness (QED) is 0.488. The van der Waals surface area contributed by atoms with Crippen molar-refractivity contribution in [3.8, 4) is 11.1 Å². The molecule has 2 aromatic rings. The van der Waals surface area contributed by atoms with Gasteiger partial charge in [-0.2, -0.15) is 0 Å². The van der Waals surface area contributed by atoms with Crippen LogP contribution in [0.15, 0.2) is 48.5 Å². The third-order valence-corrected chi connectivity index (χ3v) is 6.53. The van der Waals surface area contributed by atoms with Crippen LogP contribution in [0.3, 0.4) is 0 Å². The lowest BCUT2D eigenvalue weighted by Crippen LogP contribution is -2.41. The molecule has 3 unspecified atom stereocenters. The van der Waals surface area contributed by atoms with Gasteiger partial charge in [0.2, 0.25) is 5.91 Å². The molecule has 0 radical (unpaired) electrons. The van der Waals surface area contributed by atoms with Crippen molar-refractivity contribution >= 4 is 18.0 Å². The average Bonchev–Trinajstić information content (AvgIpc) is 3.37. The lowest BCUT2D eigenvalue weighted by molar-refractivity contribution is -0.146. The molecule has 2 aromatic carbocycles. The van der Waals surface area contributed by atoms with Gasteiger partial charge in [-0.1, -0.05) is 55.0 Å². The summed E-state index contributed by atoms with van der Waals surface area (Å²) in [5, 5.41) is 23.3. The highest BCUT2D eigenvalue weighted by molar-refractivity contribution is 5.79. The number of ether oxygens (including phenoxy) is 1. The van der Waals surface area contributed by atoms with Crippen LogP contribution < -0.4 is 10.6 Å². The van der Waals surface area contributed by atoms with E-state index in [2.05, 4.69) is 34.9 Å². The molecule has 2 aliphatic rings. The molecule has 4 N–H and O–H groups in total. The number of aliphatic hydroxyl groups excluding tert-OH is 1. The molecule has 8 heteroatoms. The molecule has 8 nitrogen and oxygen atoms in total. The standard InChI is InChI=1S/C25H28N2O6/c28-22(24(30)31)13-26-23(29)12-15-6-5-11-21(15)27-25(32)33-14-20-18-9-3-1-7-16(18)17-8-2-4-10-19(17)20/h1-4,7-10,15,20-22,28H,5-6,11-14H2,(H,26,29)(H,27,32)(H,30,31). The van der Waals surface area contributed by atoms with Gasteiger partial charge in [0.05, 0.1) is 6.54 Å². The van der Waals surface area contributed by atoms with Gasteiger partial charge in [-0.3, -0.25) is 4.79 Å². The summed E-state index contributed by atoms with van der Waals surface area (Å²) in [7, 11) is 0. The lowest BCUT2D eigenvalue weighted by Gasteiger charge is -2.21. The number of carbonyl (C=O) groups excluding carboxylic acids is 2. The van der Waals surface area contributed by atoms with Crippen molar-refractivity contribution in [1.29, 1.82) is 0 Å². The van der Waals surface area contributed by atoms with Crippen molar-refractivity contribution in [3.63, 3.8) is 0 Å². The van der Waals surface area contributed by atoms with Gasteiger partial charge in [-0.05, 0) is 41.0 Å². The Morgan fingerprint density at radius 3 is 2.27 bits per heavy atom. The highest BCUT2D eigenvalue weighted by atomic mass is 16.5. The van der Waals surface area contributed by atoms with E-state index in [0.29, 0.717) is 0 Å². The number of rotatable bonds is 8. The summed E-state index contributed by atoms with van der Waals surface area (Å²) in [6.07, 6.45) is 0.427. The number of hydrogen-bond donors (Lipinski definition) is 4. The van der Waals surface area contributed by atoms with Gasteiger partial charge in [-0.15, -0.1) is 0 Å². The number of amides is 2. The van der Waals surface area contributed by atoms with Crippen molar-refractivity contribution < 1.29 is 29.3 Å². The second kappa shape index (κ2) is 10.0. The monoisotopic (exact) mass is 452 g/mol. The minimum absolute atomic E-state index is 0.0195. The first-order chi connectivity index (χ1) is 15.9. The number of aliphatic carboxylic acids is 1. The predicted octanol–water partition coefficient (Wildman–Crippen LogP) is 2.65. The molecule has 0 aromatic heterocycles. The number of nitrogens with one attached hydrogen (secondary N) is 2. The van der Waals surface area contributed by atoms with Gasteiger partial charge in [-0.25, -0.2) is 9.59 Å². The van der Waals surface area contributed by atoms with Gasteiger partial charge < -0.3 is 25.6 Å². The molecular weight excluding hydrogens is 424 g/mol. The molecule has 33 heavy (non-hydrogen) atoms. The number of alkyl carbamates (subject to hydrolysis) is 1. The largest absolute Gasteiger partial charge is 0.479 e. The molecule has 4 rings (SSSR count). The number of carboxylic acids is 1. The summed E-state index contributed by atoms with van der Waals surface area (Å²) in [6, 6.07) is 16.1. The number of carbonyl (C=O) groups is 3. The lowest BCUT2D eigenvalue weighted by atomic mass is 9.98. The van der Waals surface area contributed by atoms with Crippen LogP contribution in [0.1, 0.15) is 42.7 Å². The zero-order valence-electron chi connectivity index (χ0n) is 18.2. The third-order valence-electron chi connectivity index (χ3n) is 6.53. The number of fused-ring (bicyclic) bond motifs is 3. The van der Waals surface area contributed by atoms with E-state index in [1.54, 1.807) is 0 Å². The average molecular weight is 453 g/mol. The molecule has 0 heterocycles. The van der Waals surface area contributed by atoms with Crippen molar-refractivity contribution in [3.05, 3.63) is 59.7 Å². The highest BCUT2D eigenvalue weighted by Gasteiger charge is 2.32. The topological polar surface area (TPSA) is 125 Å². The first-order valence-corrected chi connectivity index (χ1v) is 11.2. The van der Waals surface area contributed by atoms with E-state index >= 15 is 0 Å². The summed E-state index contributed by atoms with van der Waals surface area (Å²) in [6.45, 7) is -0.115. The number of carboxylic acid groups (broad SMARTS) is 1. The van der Waals surface area contributed by atoms with E-state index in [1.165, 1.54) is 0 Å². The third kappa shape index (κ3) is 5.17. The van der Waals surface area contributed by atoms with Crippen LogP contribution in [0.25, 0.3) is 11.1 Å². The Balaban J connectivity index is 1.30. The minimum Gasteiger partial charge on any atom is -0.479 e. The van der Waals surface area contributed by atoms with Crippen molar-refractivity contribution in [2.24, 2.45) is 5.92 Å². The zero-order chi connectivity index (χ0) is 23.4. The fourth-order valence-corrected chi connectivity index (χ4v) is 4.87. The van der Waals surface area contributed by atoms with Crippen LogP contribution in [0.4, 0.5) is 4.79 Å². The van der Waals surface area contributed by atoms with Crippen LogP contribution in [0, 0.1) is 5.92 Å². The maximum Gasteiger partial charge on any atom is 0.407 e. The van der Waals surface area contributed by atoms with E-state index < -0.39 is 18.2 Å². The summed E-state index contributed by atoms with van der Waals surface area (Å²) in [4.78, 5) is 35.4. The molecule has 1 saturated carbocycles. The maximum absolute atomic E-state index is 12.6. The number of hydrogen-bond acceptors (Lipinski definition) is 5. The second-order valence-electron chi connectivity index (χ2n) is 8.63. The second-order valence-corrected chi connectivity index (χ2v) is 8.63. The van der Waals surface area contributed by atoms with Crippen molar-refractivity contribution in [1.82, 2.24) is 10.6 Å². The van der Waals surface area contributed by atoms with Crippen LogP contribution >= 0.6 is 0 Å². The Hall–Kier alpha value is -3.39. The fourth-order valence-electron chi connectivity index (χ4n) is 4.87. The Morgan fingerprint density at radius 1 is 1.00 bits per heavy atom. The van der Waals surface area contributed by atoms with E-state index in [1.807, 2.05) is 24.3 Å². The molecule has 1 fully saturated rings. The molecule has 0 saturated heterocycles. The van der Waals surface area contributed by atoms with Crippen molar-refractivity contribution in [2.75, 3.05) is 13.2 Å². The molecular formula is C25H28N2O6. The van der Waals surface area contributed by atoms with Crippen LogP contribution in [0.2, 0.25) is 0 Å². The van der Waals surface area contributed by atoms with Crippen molar-refractivity contribution in [2.45, 2.75) is 43.7 Å². The zero-order valence-corrected chi connectivity index (χ0v) is 18.2. The Labute approximate surface area is 192 Å². The molecule has 2 aliphatic carbocycles. The Bertz CT molecular complexity index is 994. The van der Waals surface area contributed by atoms with E-state index in [-0.39, 0.29) is 43.4 Å². The minimum atomic E-state index is -1.63. The van der Waals surface area contributed by atoms with Crippen LogP contribution in [0.5, 0.6) is 0 Å². The summed E-state index contributed by atoms with van der Waals surface area (Å²) in [5.74, 6) is -1.81. The van der Waals surface area contributed by atoms with Crippen LogP contribution in [-0.2, 0) is 14.3 Å². The van der Waals surface area contributed by atoms with Gasteiger partial charge in [0.1, 0.15) is 6.61 Å². The maximum atomic E-state index is 12.6. The smallest absolute Gasteiger partial charge is 0.407 e. The van der Waals surface area contributed by atoms with Crippen LogP contribution in [-0.4, -0.2) is 53.5 Å². The molecule has 2 amide bonds. The first kappa shape index (κ1) is 22.8. The van der Waals surface area contributed by atoms with Gasteiger partial charge in [0.15, 0.2) is 6.10 Å². The summed E-state index contributed by atoms with van der Waals surface area (Å²) in [5.41, 5.74) is 4.62. The SMILES string of the molecule is O=C(CC1CCCC1NC(=O)OCC1c2ccccc2-c2ccccc21)NCC(O)C(=O)O. The van der Waals surface area contributed by atoms with E-state index in [9.17, 15) is 19.5 Å². The molecule has 0 bridgehead atoms. The molecule has 0 spiro atoms.